The van der Waals surface area contributed by atoms with Gasteiger partial charge in [-0.1, -0.05) is 6.07 Å². The largest absolute Gasteiger partial charge is 0.416 e. The van der Waals surface area contributed by atoms with Crippen LogP contribution >= 0.6 is 0 Å². The number of nitrogens with one attached hydrogen (secondary N) is 1. The summed E-state index contributed by atoms with van der Waals surface area (Å²) < 4.78 is 38.4. The molecular weight excluding hydrogens is 347 g/mol. The summed E-state index contributed by atoms with van der Waals surface area (Å²) in [5, 5.41) is 2.77. The van der Waals surface area contributed by atoms with Crippen LogP contribution in [0.3, 0.4) is 0 Å². The highest BCUT2D eigenvalue weighted by atomic mass is 19.4. The molecule has 0 spiro atoms. The molecule has 1 aromatic carbocycles. The van der Waals surface area contributed by atoms with E-state index in [-0.39, 0.29) is 17.6 Å². The number of hydrogen-bond acceptors (Lipinski definition) is 2. The van der Waals surface area contributed by atoms with Crippen LogP contribution in [-0.2, 0) is 6.18 Å². The molecule has 2 heterocycles. The quantitative estimate of drug-likeness (QED) is 0.871. The SMILES string of the molecule is O=C(NC1CCCN(C(=O)N2CCCC2)C1)c1cccc(C(F)(F)F)c1. The lowest BCUT2D eigenvalue weighted by Crippen LogP contribution is -2.52. The van der Waals surface area contributed by atoms with Crippen molar-refractivity contribution >= 4 is 11.9 Å². The van der Waals surface area contributed by atoms with E-state index >= 15 is 0 Å². The van der Waals surface area contributed by atoms with Gasteiger partial charge < -0.3 is 15.1 Å². The summed E-state index contributed by atoms with van der Waals surface area (Å²) >= 11 is 0. The van der Waals surface area contributed by atoms with Gasteiger partial charge >= 0.3 is 12.2 Å². The molecule has 3 rings (SSSR count). The van der Waals surface area contributed by atoms with Gasteiger partial charge in [0.15, 0.2) is 0 Å². The maximum Gasteiger partial charge on any atom is 0.416 e. The van der Waals surface area contributed by atoms with Crippen molar-refractivity contribution in [2.24, 2.45) is 0 Å². The van der Waals surface area contributed by atoms with Crippen molar-refractivity contribution in [1.82, 2.24) is 15.1 Å². The molecule has 26 heavy (non-hydrogen) atoms. The third-order valence-corrected chi connectivity index (χ3v) is 4.86. The Morgan fingerprint density at radius 3 is 2.42 bits per heavy atom. The summed E-state index contributed by atoms with van der Waals surface area (Å²) in [5.41, 5.74) is -0.873. The normalized spacial score (nSPS) is 21.0. The van der Waals surface area contributed by atoms with Crippen LogP contribution in [0.15, 0.2) is 24.3 Å². The lowest BCUT2D eigenvalue weighted by molar-refractivity contribution is -0.137. The molecule has 1 unspecified atom stereocenters. The zero-order valence-corrected chi connectivity index (χ0v) is 14.4. The number of halogens is 3. The van der Waals surface area contributed by atoms with Gasteiger partial charge in [-0.2, -0.15) is 13.2 Å². The van der Waals surface area contributed by atoms with Crippen LogP contribution in [0, 0.1) is 0 Å². The van der Waals surface area contributed by atoms with E-state index in [0.717, 1.165) is 44.5 Å². The Bertz CT molecular complexity index is 672. The highest BCUT2D eigenvalue weighted by Crippen LogP contribution is 2.29. The van der Waals surface area contributed by atoms with Crippen molar-refractivity contribution in [1.29, 1.82) is 0 Å². The predicted octanol–water partition coefficient (Wildman–Crippen LogP) is 3.12. The van der Waals surface area contributed by atoms with Crippen molar-refractivity contribution in [3.8, 4) is 0 Å². The molecule has 1 aromatic rings. The van der Waals surface area contributed by atoms with Crippen LogP contribution in [0.4, 0.5) is 18.0 Å². The first kappa shape index (κ1) is 18.5. The molecule has 142 valence electrons. The number of hydrogen-bond donors (Lipinski definition) is 1. The predicted molar refractivity (Wildman–Crippen MR) is 89.7 cm³/mol. The molecule has 0 radical (unpaired) electrons. The Kier molecular flexibility index (Phi) is 5.38. The smallest absolute Gasteiger partial charge is 0.348 e. The molecule has 1 N–H and O–H groups in total. The summed E-state index contributed by atoms with van der Waals surface area (Å²) in [6, 6.07) is 4.11. The van der Waals surface area contributed by atoms with E-state index in [4.69, 9.17) is 0 Å². The molecule has 0 saturated carbocycles. The fraction of sp³-hybridized carbons (Fsp3) is 0.556. The standard InChI is InChI=1S/C18H22F3N3O2/c19-18(20,21)14-6-3-5-13(11-14)16(25)22-15-7-4-10-24(12-15)17(26)23-8-1-2-9-23/h3,5-6,11,15H,1-2,4,7-10,12H2,(H,22,25). The first-order valence-corrected chi connectivity index (χ1v) is 8.86. The van der Waals surface area contributed by atoms with Gasteiger partial charge in [0.25, 0.3) is 5.91 Å². The number of carbonyl (C=O) groups is 2. The minimum absolute atomic E-state index is 0.0134. The number of piperidine rings is 1. The van der Waals surface area contributed by atoms with E-state index in [2.05, 4.69) is 5.32 Å². The number of carbonyl (C=O) groups excluding carboxylic acids is 2. The highest BCUT2D eigenvalue weighted by Gasteiger charge is 2.32. The second-order valence-electron chi connectivity index (χ2n) is 6.81. The first-order valence-electron chi connectivity index (χ1n) is 8.86. The average Bonchev–Trinajstić information content (AvgIpc) is 3.15. The third-order valence-electron chi connectivity index (χ3n) is 4.86. The van der Waals surface area contributed by atoms with Crippen molar-refractivity contribution in [2.45, 2.75) is 37.9 Å². The second kappa shape index (κ2) is 7.55. The third kappa shape index (κ3) is 4.28. The molecule has 0 aromatic heterocycles. The van der Waals surface area contributed by atoms with Crippen LogP contribution in [0.1, 0.15) is 41.6 Å². The molecule has 8 heteroatoms. The summed E-state index contributed by atoms with van der Waals surface area (Å²) in [6.07, 6.45) is -1.01. The Balaban J connectivity index is 1.61. The summed E-state index contributed by atoms with van der Waals surface area (Å²) in [6.45, 7) is 2.55. The van der Waals surface area contributed by atoms with E-state index in [0.29, 0.717) is 19.5 Å². The molecule has 2 aliphatic rings. The van der Waals surface area contributed by atoms with E-state index in [9.17, 15) is 22.8 Å². The van der Waals surface area contributed by atoms with Crippen molar-refractivity contribution < 1.29 is 22.8 Å². The monoisotopic (exact) mass is 369 g/mol. The molecule has 2 saturated heterocycles. The second-order valence-corrected chi connectivity index (χ2v) is 6.81. The molecule has 3 amide bonds. The van der Waals surface area contributed by atoms with Crippen LogP contribution in [-0.4, -0.2) is 54.0 Å². The van der Waals surface area contributed by atoms with Gasteiger partial charge in [-0.25, -0.2) is 4.79 Å². The van der Waals surface area contributed by atoms with Gasteiger partial charge in [0.05, 0.1) is 5.56 Å². The minimum atomic E-state index is -4.49. The number of benzene rings is 1. The van der Waals surface area contributed by atoms with Gasteiger partial charge in [-0.15, -0.1) is 0 Å². The fourth-order valence-corrected chi connectivity index (χ4v) is 3.48. The number of likely N-dealkylation sites (tertiary alicyclic amines) is 2. The average molecular weight is 369 g/mol. The first-order chi connectivity index (χ1) is 12.3. The summed E-state index contributed by atoms with van der Waals surface area (Å²) in [7, 11) is 0. The minimum Gasteiger partial charge on any atom is -0.348 e. The van der Waals surface area contributed by atoms with Gasteiger partial charge in [0, 0.05) is 37.8 Å². The van der Waals surface area contributed by atoms with Crippen LogP contribution in [0.25, 0.3) is 0 Å². The molecule has 1 atom stereocenters. The van der Waals surface area contributed by atoms with E-state index in [1.165, 1.54) is 12.1 Å². The van der Waals surface area contributed by atoms with Gasteiger partial charge in [0.2, 0.25) is 0 Å². The maximum atomic E-state index is 12.8. The van der Waals surface area contributed by atoms with E-state index < -0.39 is 17.6 Å². The molecular formula is C18H22F3N3O2. The number of nitrogens with zero attached hydrogens (tertiary/aromatic N) is 2. The van der Waals surface area contributed by atoms with Crippen molar-refractivity contribution in [2.75, 3.05) is 26.2 Å². The Hall–Kier alpha value is -2.25. The summed E-state index contributed by atoms with van der Waals surface area (Å²) in [5.74, 6) is -0.545. The zero-order valence-electron chi connectivity index (χ0n) is 14.4. The van der Waals surface area contributed by atoms with Crippen LogP contribution in [0.2, 0.25) is 0 Å². The van der Waals surface area contributed by atoms with Crippen LogP contribution < -0.4 is 5.32 Å². The number of rotatable bonds is 2. The number of alkyl halides is 3. The zero-order chi connectivity index (χ0) is 18.7. The van der Waals surface area contributed by atoms with Crippen LogP contribution in [0.5, 0.6) is 0 Å². The number of urea groups is 1. The Morgan fingerprint density at radius 1 is 1.04 bits per heavy atom. The Labute approximate surface area is 150 Å². The summed E-state index contributed by atoms with van der Waals surface area (Å²) in [4.78, 5) is 28.3. The lowest BCUT2D eigenvalue weighted by Gasteiger charge is -2.35. The molecule has 0 aliphatic carbocycles. The van der Waals surface area contributed by atoms with Gasteiger partial charge in [-0.3, -0.25) is 4.79 Å². The molecule has 5 nitrogen and oxygen atoms in total. The maximum absolute atomic E-state index is 12.8. The highest BCUT2D eigenvalue weighted by molar-refractivity contribution is 5.94. The Morgan fingerprint density at radius 2 is 1.73 bits per heavy atom. The topological polar surface area (TPSA) is 52.7 Å². The van der Waals surface area contributed by atoms with E-state index in [1.54, 1.807) is 4.90 Å². The van der Waals surface area contributed by atoms with Crippen molar-refractivity contribution in [3.63, 3.8) is 0 Å². The molecule has 2 fully saturated rings. The van der Waals surface area contributed by atoms with Gasteiger partial charge in [0.1, 0.15) is 0 Å². The fourth-order valence-electron chi connectivity index (χ4n) is 3.48. The van der Waals surface area contributed by atoms with Gasteiger partial charge in [-0.05, 0) is 43.9 Å². The molecule has 2 aliphatic heterocycles. The number of amides is 3. The van der Waals surface area contributed by atoms with Crippen molar-refractivity contribution in [3.05, 3.63) is 35.4 Å². The lowest BCUT2D eigenvalue weighted by atomic mass is 10.0. The van der Waals surface area contributed by atoms with E-state index in [1.807, 2.05) is 4.90 Å². The molecule has 0 bridgehead atoms.